The van der Waals surface area contributed by atoms with Crippen LogP contribution in [-0.4, -0.2) is 40.3 Å². The van der Waals surface area contributed by atoms with Gasteiger partial charge in [-0.05, 0) is 37.8 Å². The van der Waals surface area contributed by atoms with E-state index in [0.29, 0.717) is 24.1 Å². The van der Waals surface area contributed by atoms with Gasteiger partial charge in [-0.25, -0.2) is 19.7 Å². The predicted molar refractivity (Wildman–Crippen MR) is 104 cm³/mol. The first kappa shape index (κ1) is 20.6. The fourth-order valence-electron chi connectivity index (χ4n) is 2.82. The van der Waals surface area contributed by atoms with Gasteiger partial charge >= 0.3 is 6.09 Å². The van der Waals surface area contributed by atoms with E-state index in [9.17, 15) is 4.79 Å². The van der Waals surface area contributed by atoms with Gasteiger partial charge in [0.15, 0.2) is 0 Å². The number of anilines is 1. The highest BCUT2D eigenvalue weighted by Gasteiger charge is 2.21. The quantitative estimate of drug-likeness (QED) is 0.766. The first-order valence-electron chi connectivity index (χ1n) is 8.77. The maximum Gasteiger partial charge on any atom is 0.413 e. The summed E-state index contributed by atoms with van der Waals surface area (Å²) in [5.41, 5.74) is 8.25. The smallest absolute Gasteiger partial charge is 0.413 e. The molecule has 1 amide bonds. The highest BCUT2D eigenvalue weighted by molar-refractivity contribution is 5.82. The Hall–Kier alpha value is -2.74. The Labute approximate surface area is 159 Å². The summed E-state index contributed by atoms with van der Waals surface area (Å²) in [6.07, 6.45) is 3.48. The second-order valence-electron chi connectivity index (χ2n) is 7.26. The number of carbonyl (C=O) groups is 1. The summed E-state index contributed by atoms with van der Waals surface area (Å²) < 4.78 is 10.3. The lowest BCUT2D eigenvalue weighted by atomic mass is 9.93. The average molecular weight is 373 g/mol. The second-order valence-corrected chi connectivity index (χ2v) is 7.26. The summed E-state index contributed by atoms with van der Waals surface area (Å²) in [6, 6.07) is 3.59. The Morgan fingerprint density at radius 3 is 2.74 bits per heavy atom. The first-order valence-corrected chi connectivity index (χ1v) is 8.77. The van der Waals surface area contributed by atoms with Crippen molar-refractivity contribution in [3.05, 3.63) is 30.1 Å². The molecule has 0 bridgehead atoms. The molecule has 0 aliphatic rings. The number of hydrogen-bond donors (Lipinski definition) is 2. The molecule has 2 heterocycles. The Kier molecular flexibility index (Phi) is 6.68. The minimum atomic E-state index is -0.628. The van der Waals surface area contributed by atoms with Crippen LogP contribution < -0.4 is 15.8 Å². The van der Waals surface area contributed by atoms with Crippen molar-refractivity contribution in [1.82, 2.24) is 15.0 Å². The van der Waals surface area contributed by atoms with Gasteiger partial charge in [0.1, 0.15) is 6.61 Å². The van der Waals surface area contributed by atoms with Gasteiger partial charge in [-0.3, -0.25) is 5.32 Å². The Balaban J connectivity index is 2.13. The largest absolute Gasteiger partial charge is 0.476 e. The highest BCUT2D eigenvalue weighted by atomic mass is 16.5. The van der Waals surface area contributed by atoms with Crippen LogP contribution in [0.1, 0.15) is 32.8 Å². The van der Waals surface area contributed by atoms with Gasteiger partial charge in [0.25, 0.3) is 0 Å². The fraction of sp³-hybridized carbons (Fsp3) is 0.474. The molecule has 1 atom stereocenters. The third kappa shape index (κ3) is 6.18. The van der Waals surface area contributed by atoms with Gasteiger partial charge in [-0.15, -0.1) is 0 Å². The third-order valence-electron chi connectivity index (χ3n) is 3.84. The summed E-state index contributed by atoms with van der Waals surface area (Å²) in [5, 5.41) is 2.44. The molecular formula is C19H27N5O3. The Morgan fingerprint density at radius 1 is 1.37 bits per heavy atom. The maximum atomic E-state index is 11.3. The van der Waals surface area contributed by atoms with Crippen LogP contribution in [0.15, 0.2) is 24.5 Å². The van der Waals surface area contributed by atoms with Crippen LogP contribution in [0.5, 0.6) is 5.88 Å². The predicted octanol–water partition coefficient (Wildman–Crippen LogP) is 3.17. The number of carbonyl (C=O) groups excluding carboxylic acids is 1. The summed E-state index contributed by atoms with van der Waals surface area (Å²) in [5.74, 6) is 1.16. The molecule has 0 aromatic carbocycles. The molecule has 2 aromatic heterocycles. The lowest BCUT2D eigenvalue weighted by Gasteiger charge is -2.26. The molecule has 3 N–H and O–H groups in total. The summed E-state index contributed by atoms with van der Waals surface area (Å²) >= 11 is 0. The zero-order chi connectivity index (χ0) is 20.0. The maximum absolute atomic E-state index is 11.3. The topological polar surface area (TPSA) is 112 Å². The molecule has 0 aliphatic carbocycles. The van der Waals surface area contributed by atoms with Gasteiger partial charge < -0.3 is 15.2 Å². The fourth-order valence-corrected chi connectivity index (χ4v) is 2.82. The van der Waals surface area contributed by atoms with E-state index in [0.717, 1.165) is 17.5 Å². The van der Waals surface area contributed by atoms with Gasteiger partial charge in [-0.2, -0.15) is 0 Å². The van der Waals surface area contributed by atoms with Gasteiger partial charge in [0, 0.05) is 29.6 Å². The molecule has 1 unspecified atom stereocenters. The van der Waals surface area contributed by atoms with E-state index in [2.05, 4.69) is 38.9 Å². The molecule has 0 spiro atoms. The average Bonchev–Trinajstić information content (AvgIpc) is 2.59. The highest BCUT2D eigenvalue weighted by Crippen LogP contribution is 2.24. The van der Waals surface area contributed by atoms with E-state index in [-0.39, 0.29) is 5.95 Å². The SMILES string of the molecule is COC(=O)Nc1nccc(-c2cnc(OCC(C)(N)CC(C)C)cc2C)n1. The zero-order valence-corrected chi connectivity index (χ0v) is 16.4. The van der Waals surface area contributed by atoms with Crippen molar-refractivity contribution in [3.63, 3.8) is 0 Å². The summed E-state index contributed by atoms with van der Waals surface area (Å²) in [4.78, 5) is 24.0. The van der Waals surface area contributed by atoms with E-state index in [1.165, 1.54) is 7.11 Å². The molecule has 2 rings (SSSR count). The second kappa shape index (κ2) is 8.77. The number of nitrogens with one attached hydrogen (secondary N) is 1. The molecule has 0 radical (unpaired) electrons. The molecule has 8 heteroatoms. The minimum Gasteiger partial charge on any atom is -0.476 e. The molecule has 27 heavy (non-hydrogen) atoms. The van der Waals surface area contributed by atoms with Crippen molar-refractivity contribution < 1.29 is 14.3 Å². The number of aromatic nitrogens is 3. The number of hydrogen-bond acceptors (Lipinski definition) is 7. The monoisotopic (exact) mass is 373 g/mol. The number of methoxy groups -OCH3 is 1. The van der Waals surface area contributed by atoms with Gasteiger partial charge in [-0.1, -0.05) is 13.8 Å². The Morgan fingerprint density at radius 2 is 2.11 bits per heavy atom. The van der Waals surface area contributed by atoms with Crippen LogP contribution in [-0.2, 0) is 4.74 Å². The number of rotatable bonds is 7. The number of aryl methyl sites for hydroxylation is 1. The van der Waals surface area contributed by atoms with Crippen LogP contribution in [0.3, 0.4) is 0 Å². The number of amides is 1. The third-order valence-corrected chi connectivity index (χ3v) is 3.84. The van der Waals surface area contributed by atoms with E-state index in [4.69, 9.17) is 10.5 Å². The molecule has 0 fully saturated rings. The zero-order valence-electron chi connectivity index (χ0n) is 16.4. The number of ether oxygens (including phenoxy) is 2. The lowest BCUT2D eigenvalue weighted by molar-refractivity contribution is 0.186. The van der Waals surface area contributed by atoms with Crippen LogP contribution in [0, 0.1) is 12.8 Å². The van der Waals surface area contributed by atoms with E-state index in [1.54, 1.807) is 18.5 Å². The minimum absolute atomic E-state index is 0.159. The summed E-state index contributed by atoms with van der Waals surface area (Å²) in [7, 11) is 1.28. The van der Waals surface area contributed by atoms with Crippen LogP contribution >= 0.6 is 0 Å². The van der Waals surface area contributed by atoms with E-state index in [1.807, 2.05) is 19.9 Å². The molecule has 2 aromatic rings. The lowest BCUT2D eigenvalue weighted by Crippen LogP contribution is -2.43. The molecule has 0 aliphatic heterocycles. The number of pyridine rings is 1. The van der Waals surface area contributed by atoms with E-state index >= 15 is 0 Å². The molecule has 8 nitrogen and oxygen atoms in total. The summed E-state index contributed by atoms with van der Waals surface area (Å²) in [6.45, 7) is 8.57. The van der Waals surface area contributed by atoms with Crippen LogP contribution in [0.2, 0.25) is 0 Å². The molecular weight excluding hydrogens is 346 g/mol. The van der Waals surface area contributed by atoms with Crippen molar-refractivity contribution in [3.8, 4) is 17.1 Å². The van der Waals surface area contributed by atoms with E-state index < -0.39 is 11.6 Å². The van der Waals surface area contributed by atoms with Crippen molar-refractivity contribution in [1.29, 1.82) is 0 Å². The molecule has 146 valence electrons. The molecule has 0 saturated heterocycles. The van der Waals surface area contributed by atoms with Gasteiger partial charge in [0.05, 0.1) is 12.8 Å². The van der Waals surface area contributed by atoms with Crippen molar-refractivity contribution in [2.24, 2.45) is 11.7 Å². The standard InChI is InChI=1S/C19H27N5O3/c1-12(2)9-19(4,20)11-27-16-8-13(3)14(10-22-16)15-6-7-21-17(23-15)24-18(25)26-5/h6-8,10,12H,9,11,20H2,1-5H3,(H,21,23,24,25). The Bertz CT molecular complexity index is 793. The van der Waals surface area contributed by atoms with Crippen molar-refractivity contribution in [2.75, 3.05) is 19.0 Å². The van der Waals surface area contributed by atoms with Crippen molar-refractivity contribution in [2.45, 2.75) is 39.7 Å². The number of nitrogens with two attached hydrogens (primary N) is 1. The normalized spacial score (nSPS) is 13.1. The molecule has 0 saturated carbocycles. The van der Waals surface area contributed by atoms with Gasteiger partial charge in [0.2, 0.25) is 11.8 Å². The number of nitrogens with zero attached hydrogens (tertiary/aromatic N) is 3. The van der Waals surface area contributed by atoms with Crippen LogP contribution in [0.25, 0.3) is 11.3 Å². The van der Waals surface area contributed by atoms with Crippen molar-refractivity contribution >= 4 is 12.0 Å². The van der Waals surface area contributed by atoms with Crippen LogP contribution in [0.4, 0.5) is 10.7 Å². The first-order chi connectivity index (χ1) is 12.7.